The van der Waals surface area contributed by atoms with Crippen LogP contribution < -0.4 is 16.4 Å². The van der Waals surface area contributed by atoms with Gasteiger partial charge in [0.1, 0.15) is 0 Å². The molecule has 5 nitrogen and oxygen atoms in total. The minimum absolute atomic E-state index is 0. The lowest BCUT2D eigenvalue weighted by atomic mass is 9.95. The number of nitrogens with one attached hydrogen (secondary N) is 2. The van der Waals surface area contributed by atoms with Gasteiger partial charge in [-0.15, -0.1) is 12.4 Å². The van der Waals surface area contributed by atoms with Crippen LogP contribution >= 0.6 is 24.0 Å². The van der Waals surface area contributed by atoms with Crippen LogP contribution in [-0.2, 0) is 4.79 Å². The summed E-state index contributed by atoms with van der Waals surface area (Å²) in [4.78, 5) is 23.8. The van der Waals surface area contributed by atoms with Gasteiger partial charge in [0.2, 0.25) is 5.91 Å². The average Bonchev–Trinajstić information content (AvgIpc) is 2.95. The molecule has 1 aliphatic rings. The molecule has 0 bridgehead atoms. The molecule has 1 saturated carbocycles. The number of benzene rings is 1. The topological polar surface area (TPSA) is 84.2 Å². The van der Waals surface area contributed by atoms with Gasteiger partial charge in [-0.3, -0.25) is 9.59 Å². The summed E-state index contributed by atoms with van der Waals surface area (Å²) in [7, 11) is 1.54. The molecule has 22 heavy (non-hydrogen) atoms. The maximum atomic E-state index is 12.3. The lowest BCUT2D eigenvalue weighted by Gasteiger charge is -2.17. The van der Waals surface area contributed by atoms with Crippen molar-refractivity contribution in [2.75, 3.05) is 18.9 Å². The Labute approximate surface area is 141 Å². The lowest BCUT2D eigenvalue weighted by Crippen LogP contribution is -2.29. The fraction of sp³-hybridized carbons (Fsp3) is 0.467. The van der Waals surface area contributed by atoms with Crippen molar-refractivity contribution in [1.82, 2.24) is 5.32 Å². The lowest BCUT2D eigenvalue weighted by molar-refractivity contribution is -0.120. The SMILES string of the molecule is CNC(=O)c1ccc(NC(=O)[C@@H]2CCC[C@@H]2CN)cc1Cl.Cl. The molecule has 0 heterocycles. The summed E-state index contributed by atoms with van der Waals surface area (Å²) in [6.07, 6.45) is 2.92. The Morgan fingerprint density at radius 2 is 2.09 bits per heavy atom. The van der Waals surface area contributed by atoms with E-state index in [-0.39, 0.29) is 36.1 Å². The predicted octanol–water partition coefficient (Wildman–Crippen LogP) is 2.43. The van der Waals surface area contributed by atoms with E-state index in [0.717, 1.165) is 19.3 Å². The van der Waals surface area contributed by atoms with Crippen LogP contribution in [0.1, 0.15) is 29.6 Å². The molecular weight excluding hydrogens is 325 g/mol. The summed E-state index contributed by atoms with van der Waals surface area (Å²) in [5, 5.41) is 5.69. The fourth-order valence-electron chi connectivity index (χ4n) is 2.81. The Morgan fingerprint density at radius 3 is 2.68 bits per heavy atom. The van der Waals surface area contributed by atoms with Crippen molar-refractivity contribution in [1.29, 1.82) is 0 Å². The van der Waals surface area contributed by atoms with Crippen molar-refractivity contribution in [3.05, 3.63) is 28.8 Å². The Balaban J connectivity index is 0.00000242. The second kappa shape index (κ2) is 8.36. The third kappa shape index (κ3) is 4.12. The number of carbonyl (C=O) groups excluding carboxylic acids is 2. The zero-order chi connectivity index (χ0) is 15.4. The maximum absolute atomic E-state index is 12.3. The van der Waals surface area contributed by atoms with E-state index in [1.807, 2.05) is 0 Å². The summed E-state index contributed by atoms with van der Waals surface area (Å²) in [5.41, 5.74) is 6.69. The number of halogens is 2. The van der Waals surface area contributed by atoms with E-state index >= 15 is 0 Å². The Kier molecular flexibility index (Phi) is 7.13. The van der Waals surface area contributed by atoms with Crippen LogP contribution in [0.5, 0.6) is 0 Å². The molecule has 0 aromatic heterocycles. The standard InChI is InChI=1S/C15H20ClN3O2.ClH/c1-18-14(20)12-6-5-10(7-13(12)16)19-15(21)11-4-2-3-9(11)8-17;/h5-7,9,11H,2-4,8,17H2,1H3,(H,18,20)(H,19,21);1H/t9-,11-;/m1./s1. The number of amides is 2. The third-order valence-electron chi connectivity index (χ3n) is 4.01. The molecule has 0 spiro atoms. The molecule has 7 heteroatoms. The van der Waals surface area contributed by atoms with E-state index in [9.17, 15) is 9.59 Å². The number of carbonyl (C=O) groups is 2. The molecule has 1 aliphatic carbocycles. The molecular formula is C15H21Cl2N3O2. The monoisotopic (exact) mass is 345 g/mol. The average molecular weight is 346 g/mol. The van der Waals surface area contributed by atoms with E-state index in [1.165, 1.54) is 0 Å². The smallest absolute Gasteiger partial charge is 0.252 e. The number of nitrogens with two attached hydrogens (primary N) is 1. The van der Waals surface area contributed by atoms with Crippen molar-refractivity contribution in [3.63, 3.8) is 0 Å². The van der Waals surface area contributed by atoms with Gasteiger partial charge in [0.25, 0.3) is 5.91 Å². The third-order valence-corrected chi connectivity index (χ3v) is 4.32. The van der Waals surface area contributed by atoms with Crippen LogP contribution in [0, 0.1) is 11.8 Å². The van der Waals surface area contributed by atoms with Crippen molar-refractivity contribution >= 4 is 41.5 Å². The van der Waals surface area contributed by atoms with Crippen molar-refractivity contribution in [2.45, 2.75) is 19.3 Å². The summed E-state index contributed by atoms with van der Waals surface area (Å²) in [6, 6.07) is 4.88. The largest absolute Gasteiger partial charge is 0.355 e. The van der Waals surface area contributed by atoms with Gasteiger partial charge in [-0.25, -0.2) is 0 Å². The van der Waals surface area contributed by atoms with Crippen molar-refractivity contribution < 1.29 is 9.59 Å². The number of hydrogen-bond acceptors (Lipinski definition) is 3. The highest BCUT2D eigenvalue weighted by Crippen LogP contribution is 2.32. The second-order valence-electron chi connectivity index (χ2n) is 5.30. The van der Waals surface area contributed by atoms with E-state index in [1.54, 1.807) is 25.2 Å². The highest BCUT2D eigenvalue weighted by Gasteiger charge is 2.31. The summed E-state index contributed by atoms with van der Waals surface area (Å²) < 4.78 is 0. The molecule has 0 unspecified atom stereocenters. The maximum Gasteiger partial charge on any atom is 0.252 e. The molecule has 1 fully saturated rings. The molecule has 1 aromatic rings. The van der Waals surface area contributed by atoms with Crippen LogP contribution in [0.15, 0.2) is 18.2 Å². The predicted molar refractivity (Wildman–Crippen MR) is 90.6 cm³/mol. The van der Waals surface area contributed by atoms with E-state index in [4.69, 9.17) is 17.3 Å². The normalized spacial score (nSPS) is 20.1. The fourth-order valence-corrected chi connectivity index (χ4v) is 3.08. The highest BCUT2D eigenvalue weighted by molar-refractivity contribution is 6.34. The first-order chi connectivity index (χ1) is 10.1. The van der Waals surface area contributed by atoms with Crippen LogP contribution in [0.25, 0.3) is 0 Å². The molecule has 1 aromatic carbocycles. The van der Waals surface area contributed by atoms with Crippen LogP contribution in [0.4, 0.5) is 5.69 Å². The van der Waals surface area contributed by atoms with Crippen molar-refractivity contribution in [2.24, 2.45) is 17.6 Å². The number of anilines is 1. The van der Waals surface area contributed by atoms with E-state index < -0.39 is 0 Å². The Bertz CT molecular complexity index is 552. The zero-order valence-electron chi connectivity index (χ0n) is 12.4. The van der Waals surface area contributed by atoms with Gasteiger partial charge >= 0.3 is 0 Å². The van der Waals surface area contributed by atoms with Gasteiger partial charge in [0, 0.05) is 18.7 Å². The van der Waals surface area contributed by atoms with Crippen LogP contribution in [0.3, 0.4) is 0 Å². The first-order valence-electron chi connectivity index (χ1n) is 7.09. The summed E-state index contributed by atoms with van der Waals surface area (Å²) >= 11 is 6.07. The quantitative estimate of drug-likeness (QED) is 0.783. The van der Waals surface area contributed by atoms with Gasteiger partial charge in [-0.05, 0) is 43.5 Å². The molecule has 2 atom stereocenters. The van der Waals surface area contributed by atoms with Gasteiger partial charge in [-0.2, -0.15) is 0 Å². The first-order valence-corrected chi connectivity index (χ1v) is 7.47. The summed E-state index contributed by atoms with van der Waals surface area (Å²) in [5.74, 6) is -0.0541. The van der Waals surface area contributed by atoms with E-state index in [2.05, 4.69) is 10.6 Å². The van der Waals surface area contributed by atoms with Gasteiger partial charge in [0.15, 0.2) is 0 Å². The van der Waals surface area contributed by atoms with Gasteiger partial charge in [0.05, 0.1) is 10.6 Å². The highest BCUT2D eigenvalue weighted by atomic mass is 35.5. The second-order valence-corrected chi connectivity index (χ2v) is 5.70. The molecule has 2 rings (SSSR count). The Hall–Kier alpha value is -1.30. The molecule has 0 aliphatic heterocycles. The van der Waals surface area contributed by atoms with Gasteiger partial charge in [-0.1, -0.05) is 18.0 Å². The minimum Gasteiger partial charge on any atom is -0.355 e. The van der Waals surface area contributed by atoms with Crippen molar-refractivity contribution in [3.8, 4) is 0 Å². The molecule has 0 saturated heterocycles. The Morgan fingerprint density at radius 1 is 1.36 bits per heavy atom. The van der Waals surface area contributed by atoms with Crippen LogP contribution in [-0.4, -0.2) is 25.4 Å². The molecule has 122 valence electrons. The number of hydrogen-bond donors (Lipinski definition) is 3. The minimum atomic E-state index is -0.253. The zero-order valence-corrected chi connectivity index (χ0v) is 14.0. The molecule has 0 radical (unpaired) electrons. The number of rotatable bonds is 4. The van der Waals surface area contributed by atoms with Crippen LogP contribution in [0.2, 0.25) is 5.02 Å². The van der Waals surface area contributed by atoms with Gasteiger partial charge < -0.3 is 16.4 Å². The van der Waals surface area contributed by atoms with E-state index in [0.29, 0.717) is 22.8 Å². The first kappa shape index (κ1) is 18.7. The molecule has 2 amide bonds. The summed E-state index contributed by atoms with van der Waals surface area (Å²) in [6.45, 7) is 0.536. The molecule has 4 N–H and O–H groups in total.